The van der Waals surface area contributed by atoms with Gasteiger partial charge in [-0.05, 0) is 36.8 Å². The molecule has 10 heteroatoms. The minimum absolute atomic E-state index is 0.0165. The fraction of sp³-hybridized carbons (Fsp3) is 0.471. The number of nitrogens with one attached hydrogen (secondary N) is 2. The Bertz CT molecular complexity index is 892. The van der Waals surface area contributed by atoms with Crippen LogP contribution in [0.3, 0.4) is 0 Å². The molecule has 3 aromatic heterocycles. The van der Waals surface area contributed by atoms with Crippen molar-refractivity contribution in [2.24, 2.45) is 5.92 Å². The second kappa shape index (κ2) is 7.43. The molecule has 4 rings (SSSR count). The van der Waals surface area contributed by atoms with E-state index >= 15 is 0 Å². The Kier molecular flexibility index (Phi) is 5.00. The van der Waals surface area contributed by atoms with Crippen molar-refractivity contribution in [1.82, 2.24) is 24.8 Å². The molecule has 0 unspecified atom stereocenters. The third-order valence-corrected chi connectivity index (χ3v) is 5.52. The van der Waals surface area contributed by atoms with Gasteiger partial charge >= 0.3 is 6.18 Å². The normalized spacial score (nSPS) is 18.9. The molecule has 3 aromatic rings. The first kappa shape index (κ1) is 18.2. The highest BCUT2D eigenvalue weighted by molar-refractivity contribution is 7.09. The van der Waals surface area contributed by atoms with E-state index in [0.717, 1.165) is 32.5 Å². The van der Waals surface area contributed by atoms with Crippen molar-refractivity contribution in [3.63, 3.8) is 0 Å². The van der Waals surface area contributed by atoms with Crippen LogP contribution in [-0.2, 0) is 12.7 Å². The van der Waals surface area contributed by atoms with Crippen LogP contribution in [0, 0.1) is 5.92 Å². The predicted molar refractivity (Wildman–Crippen MR) is 97.5 cm³/mol. The number of thiophene rings is 1. The van der Waals surface area contributed by atoms with Crippen molar-refractivity contribution in [3.8, 4) is 0 Å². The Labute approximate surface area is 157 Å². The summed E-state index contributed by atoms with van der Waals surface area (Å²) in [7, 11) is 0. The van der Waals surface area contributed by atoms with Crippen molar-refractivity contribution in [3.05, 3.63) is 34.5 Å². The first-order valence-electron chi connectivity index (χ1n) is 8.76. The van der Waals surface area contributed by atoms with E-state index in [2.05, 4.69) is 41.6 Å². The lowest BCUT2D eigenvalue weighted by Crippen LogP contribution is -2.37. The van der Waals surface area contributed by atoms with Gasteiger partial charge in [-0.15, -0.1) is 11.3 Å². The molecule has 6 nitrogen and oxygen atoms in total. The summed E-state index contributed by atoms with van der Waals surface area (Å²) in [6.07, 6.45) is -1.16. The van der Waals surface area contributed by atoms with Gasteiger partial charge in [-0.3, -0.25) is 4.90 Å². The summed E-state index contributed by atoms with van der Waals surface area (Å²) in [6, 6.07) is 4.17. The first-order chi connectivity index (χ1) is 13.0. The fourth-order valence-electron chi connectivity index (χ4n) is 3.41. The topological polar surface area (TPSA) is 69.7 Å². The van der Waals surface area contributed by atoms with Crippen LogP contribution in [0.2, 0.25) is 0 Å². The Morgan fingerprint density at radius 1 is 1.33 bits per heavy atom. The van der Waals surface area contributed by atoms with Gasteiger partial charge in [0.25, 0.3) is 0 Å². The minimum Gasteiger partial charge on any atom is -0.368 e. The van der Waals surface area contributed by atoms with Crippen molar-refractivity contribution in [2.75, 3.05) is 25.0 Å². The molecule has 0 bridgehead atoms. The van der Waals surface area contributed by atoms with Crippen LogP contribution in [0.25, 0.3) is 11.2 Å². The molecule has 0 amide bonds. The molecule has 4 heterocycles. The Hall–Kier alpha value is -2.20. The molecular formula is C17H19F3N6S. The Balaban J connectivity index is 1.44. The molecule has 2 N–H and O–H groups in total. The van der Waals surface area contributed by atoms with E-state index in [4.69, 9.17) is 0 Å². The second-order valence-corrected chi connectivity index (χ2v) is 7.73. The number of fused-ring (bicyclic) bond motifs is 1. The summed E-state index contributed by atoms with van der Waals surface area (Å²) in [5, 5.41) is 5.16. The van der Waals surface area contributed by atoms with Gasteiger partial charge in [-0.1, -0.05) is 6.07 Å². The van der Waals surface area contributed by atoms with Gasteiger partial charge in [0.1, 0.15) is 5.52 Å². The summed E-state index contributed by atoms with van der Waals surface area (Å²) in [5.74, 6) is -0.672. The summed E-state index contributed by atoms with van der Waals surface area (Å²) >= 11 is 1.74. The van der Waals surface area contributed by atoms with Crippen molar-refractivity contribution >= 4 is 28.3 Å². The van der Waals surface area contributed by atoms with E-state index in [1.807, 2.05) is 6.07 Å². The fourth-order valence-corrected chi connectivity index (χ4v) is 4.16. The van der Waals surface area contributed by atoms with Crippen LogP contribution in [-0.4, -0.2) is 44.5 Å². The van der Waals surface area contributed by atoms with E-state index in [-0.39, 0.29) is 11.5 Å². The molecule has 1 atom stereocenters. The van der Waals surface area contributed by atoms with Gasteiger partial charge in [-0.2, -0.15) is 13.2 Å². The smallest absolute Gasteiger partial charge is 0.368 e. The van der Waals surface area contributed by atoms with E-state index in [0.29, 0.717) is 18.0 Å². The van der Waals surface area contributed by atoms with Gasteiger partial charge in [0.15, 0.2) is 11.5 Å². The average molecular weight is 396 g/mol. The molecule has 144 valence electrons. The summed E-state index contributed by atoms with van der Waals surface area (Å²) in [6.45, 7) is 3.44. The molecule has 27 heavy (non-hydrogen) atoms. The van der Waals surface area contributed by atoms with Crippen LogP contribution in [0.1, 0.15) is 23.5 Å². The number of piperidine rings is 1. The van der Waals surface area contributed by atoms with Gasteiger partial charge in [0.05, 0.1) is 6.33 Å². The number of hydrogen-bond donors (Lipinski definition) is 2. The summed E-state index contributed by atoms with van der Waals surface area (Å²) < 4.78 is 39.1. The summed E-state index contributed by atoms with van der Waals surface area (Å²) in [4.78, 5) is 17.6. The van der Waals surface area contributed by atoms with Gasteiger partial charge in [-0.25, -0.2) is 15.0 Å². The molecule has 0 radical (unpaired) electrons. The van der Waals surface area contributed by atoms with E-state index in [9.17, 15) is 13.2 Å². The zero-order valence-corrected chi connectivity index (χ0v) is 15.3. The number of nitrogens with zero attached hydrogens (tertiary/aromatic N) is 4. The molecule has 1 fully saturated rings. The van der Waals surface area contributed by atoms with E-state index < -0.39 is 12.0 Å². The first-order valence-corrected chi connectivity index (χ1v) is 9.64. The number of alkyl halides is 3. The molecular weight excluding hydrogens is 377 g/mol. The highest BCUT2D eigenvalue weighted by Gasteiger charge is 2.36. The third-order valence-electron chi connectivity index (χ3n) is 4.66. The van der Waals surface area contributed by atoms with Crippen LogP contribution in [0.4, 0.5) is 19.0 Å². The number of hydrogen-bond acceptors (Lipinski definition) is 6. The molecule has 0 aliphatic carbocycles. The molecule has 0 spiro atoms. The quantitative estimate of drug-likeness (QED) is 0.687. The number of aromatic amines is 1. The van der Waals surface area contributed by atoms with Gasteiger partial charge in [0, 0.05) is 24.5 Å². The monoisotopic (exact) mass is 396 g/mol. The molecule has 0 aromatic carbocycles. The van der Waals surface area contributed by atoms with Crippen LogP contribution in [0.15, 0.2) is 23.8 Å². The maximum atomic E-state index is 13.0. The van der Waals surface area contributed by atoms with Crippen LogP contribution >= 0.6 is 11.3 Å². The lowest BCUT2D eigenvalue weighted by Gasteiger charge is -2.32. The lowest BCUT2D eigenvalue weighted by atomic mass is 9.98. The van der Waals surface area contributed by atoms with E-state index in [1.165, 1.54) is 11.2 Å². The molecule has 1 aliphatic heterocycles. The van der Waals surface area contributed by atoms with Crippen molar-refractivity contribution < 1.29 is 13.2 Å². The molecule has 0 saturated carbocycles. The number of rotatable bonds is 5. The second-order valence-electron chi connectivity index (χ2n) is 6.70. The Morgan fingerprint density at radius 3 is 3.00 bits per heavy atom. The largest absolute Gasteiger partial charge is 0.451 e. The molecule has 1 saturated heterocycles. The van der Waals surface area contributed by atoms with Gasteiger partial charge in [0.2, 0.25) is 5.82 Å². The summed E-state index contributed by atoms with van der Waals surface area (Å²) in [5.41, 5.74) is 0.414. The Morgan fingerprint density at radius 2 is 2.22 bits per heavy atom. The standard InChI is InChI=1S/C17H19F3N6S/c18-17(19,20)16-24-14(13-15(25-16)23-10-22-13)21-7-11-3-1-5-26(8-11)9-12-4-2-6-27-12/h2,4,6,10-11H,1,3,5,7-9H2,(H2,21,22,23,24,25)/t11-/m1/s1. The molecule has 1 aliphatic rings. The minimum atomic E-state index is -4.61. The predicted octanol–water partition coefficient (Wildman–Crippen LogP) is 3.76. The number of halogens is 3. The zero-order chi connectivity index (χ0) is 18.9. The number of anilines is 1. The number of H-pyrrole nitrogens is 1. The highest BCUT2D eigenvalue weighted by Crippen LogP contribution is 2.29. The SMILES string of the molecule is FC(F)(F)c1nc(NC[C@H]2CCCN(Cc3cccs3)C2)c2[nH]cnc2n1. The van der Waals surface area contributed by atoms with Crippen molar-refractivity contribution in [1.29, 1.82) is 0 Å². The number of aromatic nitrogens is 4. The average Bonchev–Trinajstić information content (AvgIpc) is 3.30. The number of likely N-dealkylation sites (tertiary alicyclic amines) is 1. The van der Waals surface area contributed by atoms with Crippen LogP contribution in [0.5, 0.6) is 0 Å². The lowest BCUT2D eigenvalue weighted by molar-refractivity contribution is -0.144. The maximum absolute atomic E-state index is 13.0. The maximum Gasteiger partial charge on any atom is 0.451 e. The van der Waals surface area contributed by atoms with Crippen LogP contribution < -0.4 is 5.32 Å². The third kappa shape index (κ3) is 4.22. The highest BCUT2D eigenvalue weighted by atomic mass is 32.1. The zero-order valence-electron chi connectivity index (χ0n) is 14.5. The van der Waals surface area contributed by atoms with Gasteiger partial charge < -0.3 is 10.3 Å². The number of imidazole rings is 1. The van der Waals surface area contributed by atoms with Crippen molar-refractivity contribution in [2.45, 2.75) is 25.6 Å². The van der Waals surface area contributed by atoms with E-state index in [1.54, 1.807) is 11.3 Å².